The monoisotopic (exact) mass is 633 g/mol. The summed E-state index contributed by atoms with van der Waals surface area (Å²) in [7, 11) is 4.08. The smallest absolute Gasteiger partial charge is 0.255 e. The molecule has 3 N–H and O–H groups in total. The average Bonchev–Trinajstić information content (AvgIpc) is 3.78. The lowest BCUT2D eigenvalue weighted by atomic mass is 9.85. The van der Waals surface area contributed by atoms with E-state index >= 15 is 0 Å². The van der Waals surface area contributed by atoms with Crippen LogP contribution >= 0.6 is 0 Å². The van der Waals surface area contributed by atoms with Gasteiger partial charge in [-0.2, -0.15) is 5.10 Å². The second-order valence-electron chi connectivity index (χ2n) is 14.4. The number of benzene rings is 2. The molecule has 9 nitrogen and oxygen atoms in total. The van der Waals surface area contributed by atoms with Crippen LogP contribution < -0.4 is 11.1 Å². The van der Waals surface area contributed by atoms with E-state index in [4.69, 9.17) is 10.5 Å². The van der Waals surface area contributed by atoms with Crippen LogP contribution in [0.15, 0.2) is 67.1 Å². The number of hydrogen-bond donors (Lipinski definition) is 2. The minimum atomic E-state index is -0.224. The van der Waals surface area contributed by atoms with Gasteiger partial charge in [-0.3, -0.25) is 14.4 Å². The van der Waals surface area contributed by atoms with Crippen molar-refractivity contribution in [1.29, 1.82) is 0 Å². The van der Waals surface area contributed by atoms with Gasteiger partial charge in [0.25, 0.3) is 5.91 Å². The summed E-state index contributed by atoms with van der Waals surface area (Å²) < 4.78 is 8.11. The van der Waals surface area contributed by atoms with Gasteiger partial charge >= 0.3 is 0 Å². The van der Waals surface area contributed by atoms with E-state index in [1.54, 1.807) is 23.1 Å². The number of piperazine rings is 1. The number of carbonyl (C=O) groups is 1. The first kappa shape index (κ1) is 31.5. The summed E-state index contributed by atoms with van der Waals surface area (Å²) in [4.78, 5) is 22.7. The Morgan fingerprint density at radius 1 is 0.957 bits per heavy atom. The van der Waals surface area contributed by atoms with E-state index in [1.165, 1.54) is 28.7 Å². The summed E-state index contributed by atoms with van der Waals surface area (Å²) in [5.41, 5.74) is 15.0. The van der Waals surface area contributed by atoms with E-state index in [-0.39, 0.29) is 29.3 Å². The Kier molecular flexibility index (Phi) is 8.63. The summed E-state index contributed by atoms with van der Waals surface area (Å²) in [6.07, 6.45) is 9.21. The molecule has 7 rings (SSSR count). The van der Waals surface area contributed by atoms with Crippen molar-refractivity contribution in [1.82, 2.24) is 29.9 Å². The van der Waals surface area contributed by atoms with Crippen LogP contribution in [0.25, 0.3) is 22.3 Å². The molecular weight excluding hydrogens is 586 g/mol. The zero-order chi connectivity index (χ0) is 32.7. The molecule has 246 valence electrons. The molecular formula is C38H47N7O2. The lowest BCUT2D eigenvalue weighted by molar-refractivity contribution is 0.0272. The number of amides is 1. The number of hydrogen-bond acceptors (Lipinski definition) is 7. The van der Waals surface area contributed by atoms with Crippen LogP contribution in [0.1, 0.15) is 72.6 Å². The van der Waals surface area contributed by atoms with Gasteiger partial charge < -0.3 is 20.7 Å². The number of nitrogens with one attached hydrogen (secondary N) is 1. The molecule has 0 radical (unpaired) electrons. The summed E-state index contributed by atoms with van der Waals surface area (Å²) in [5.74, 6) is -0.00884. The second kappa shape index (κ2) is 12.9. The van der Waals surface area contributed by atoms with Crippen LogP contribution in [0, 0.1) is 0 Å². The Bertz CT molecular complexity index is 1740. The predicted octanol–water partition coefficient (Wildman–Crippen LogP) is 5.57. The summed E-state index contributed by atoms with van der Waals surface area (Å²) in [6.45, 7) is 9.87. The van der Waals surface area contributed by atoms with E-state index in [0.717, 1.165) is 62.1 Å². The second-order valence-corrected chi connectivity index (χ2v) is 14.4. The molecule has 3 atom stereocenters. The average molecular weight is 634 g/mol. The van der Waals surface area contributed by atoms with E-state index in [9.17, 15) is 4.79 Å². The molecule has 1 saturated heterocycles. The number of nitrogen functional groups attached to an aromatic ring is 1. The number of likely N-dealkylation sites (N-methyl/N-ethyl adjacent to an activating group) is 1. The Morgan fingerprint density at radius 2 is 1.72 bits per heavy atom. The molecule has 2 aromatic carbocycles. The van der Waals surface area contributed by atoms with Crippen molar-refractivity contribution in [3.63, 3.8) is 0 Å². The van der Waals surface area contributed by atoms with Crippen LogP contribution in [0.3, 0.4) is 0 Å². The maximum Gasteiger partial charge on any atom is 0.255 e. The molecule has 0 bridgehead atoms. The third-order valence-electron chi connectivity index (χ3n) is 10.5. The van der Waals surface area contributed by atoms with Crippen molar-refractivity contribution >= 4 is 11.7 Å². The number of carbonyl (C=O) groups excluding carboxylic acids is 1. The molecule has 2 aromatic heterocycles. The quantitative estimate of drug-likeness (QED) is 0.262. The van der Waals surface area contributed by atoms with Gasteiger partial charge in [0.2, 0.25) is 0 Å². The number of aryl methyl sites for hydroxylation is 1. The van der Waals surface area contributed by atoms with Crippen molar-refractivity contribution in [2.45, 2.75) is 69.7 Å². The van der Waals surface area contributed by atoms with Crippen LogP contribution in [-0.4, -0.2) is 75.8 Å². The molecule has 2 fully saturated rings. The van der Waals surface area contributed by atoms with Gasteiger partial charge in [0.05, 0.1) is 30.5 Å². The van der Waals surface area contributed by atoms with Crippen LogP contribution in [0.2, 0.25) is 0 Å². The Hall–Kier alpha value is -4.05. The topological polar surface area (TPSA) is 102 Å². The van der Waals surface area contributed by atoms with E-state index in [0.29, 0.717) is 18.2 Å². The molecule has 0 unspecified atom stereocenters. The summed E-state index contributed by atoms with van der Waals surface area (Å²) in [5, 5.41) is 7.40. The van der Waals surface area contributed by atoms with Gasteiger partial charge in [0, 0.05) is 62.8 Å². The summed E-state index contributed by atoms with van der Waals surface area (Å²) >= 11 is 0. The molecule has 1 saturated carbocycles. The van der Waals surface area contributed by atoms with Gasteiger partial charge in [0.15, 0.2) is 0 Å². The molecule has 0 spiro atoms. The molecule has 1 amide bonds. The molecule has 47 heavy (non-hydrogen) atoms. The fraction of sp³-hybridized carbons (Fsp3) is 0.447. The minimum absolute atomic E-state index is 0.0542. The molecule has 3 heterocycles. The van der Waals surface area contributed by atoms with Crippen molar-refractivity contribution in [3.8, 4) is 22.3 Å². The third kappa shape index (κ3) is 6.57. The minimum Gasteiger partial charge on any atom is -0.383 e. The highest BCUT2D eigenvalue weighted by molar-refractivity contribution is 5.99. The van der Waals surface area contributed by atoms with Gasteiger partial charge in [0.1, 0.15) is 5.82 Å². The normalized spacial score (nSPS) is 22.8. The predicted molar refractivity (Wildman–Crippen MR) is 186 cm³/mol. The zero-order valence-corrected chi connectivity index (χ0v) is 28.1. The lowest BCUT2D eigenvalue weighted by Gasteiger charge is -2.37. The number of rotatable bonds is 8. The largest absolute Gasteiger partial charge is 0.383 e. The zero-order valence-electron chi connectivity index (χ0n) is 28.1. The van der Waals surface area contributed by atoms with Crippen LogP contribution in [-0.2, 0) is 23.8 Å². The molecule has 4 aromatic rings. The Labute approximate surface area is 278 Å². The van der Waals surface area contributed by atoms with Crippen molar-refractivity contribution in [2.24, 2.45) is 7.05 Å². The van der Waals surface area contributed by atoms with E-state index in [1.807, 2.05) is 13.2 Å². The van der Waals surface area contributed by atoms with Crippen molar-refractivity contribution < 1.29 is 9.53 Å². The lowest BCUT2D eigenvalue weighted by Crippen LogP contribution is -2.45. The highest BCUT2D eigenvalue weighted by Crippen LogP contribution is 2.48. The first-order valence-electron chi connectivity index (χ1n) is 17.0. The van der Waals surface area contributed by atoms with Crippen molar-refractivity contribution in [2.75, 3.05) is 39.0 Å². The summed E-state index contributed by atoms with van der Waals surface area (Å²) in [6, 6.07) is 18.1. The van der Waals surface area contributed by atoms with Gasteiger partial charge in [-0.25, -0.2) is 4.98 Å². The molecule has 3 aliphatic rings. The highest BCUT2D eigenvalue weighted by Gasteiger charge is 2.40. The van der Waals surface area contributed by atoms with Crippen LogP contribution in [0.4, 0.5) is 5.82 Å². The van der Waals surface area contributed by atoms with Crippen molar-refractivity contribution in [3.05, 3.63) is 89.4 Å². The third-order valence-corrected chi connectivity index (χ3v) is 10.5. The number of nitrogens with zero attached hydrogens (tertiary/aromatic N) is 5. The molecule has 1 aliphatic heterocycles. The standard InChI is InChI=1S/C38H47N7O2/c1-38(2)20-34(45-16-14-43(3)15-17-45)30-13-12-27(19-32(30)38)26-10-8-25(9-11-26)24-47-35-7-5-6-33(35)42-37(46)31-18-28(21-40-36(31)39)29-22-41-44(4)23-29/h8-13,18-19,21-23,33-35H,5-7,14-17,20,24H2,1-4H3,(H2,39,40)(H,42,46)/t33-,34-,35-/m0/s1. The first-order valence-corrected chi connectivity index (χ1v) is 17.0. The number of fused-ring (bicyclic) bond motifs is 1. The highest BCUT2D eigenvalue weighted by atomic mass is 16.5. The number of pyridine rings is 1. The fourth-order valence-corrected chi connectivity index (χ4v) is 7.69. The maximum absolute atomic E-state index is 13.3. The van der Waals surface area contributed by atoms with Gasteiger partial charge in [-0.15, -0.1) is 0 Å². The number of aromatic nitrogens is 3. The Balaban J connectivity index is 0.980. The van der Waals surface area contributed by atoms with Gasteiger partial charge in [-0.1, -0.05) is 56.3 Å². The SMILES string of the molecule is CN1CCN([C@H]2CC(C)(C)c3cc(-c4ccc(CO[C@H]5CCC[C@@H]5NC(=O)c5cc(-c6cnn(C)c6)cnc5N)cc4)ccc32)CC1. The number of anilines is 1. The number of nitrogens with two attached hydrogens (primary N) is 1. The van der Waals surface area contributed by atoms with E-state index < -0.39 is 0 Å². The Morgan fingerprint density at radius 3 is 2.47 bits per heavy atom. The van der Waals surface area contributed by atoms with E-state index in [2.05, 4.69) is 88.6 Å². The molecule has 9 heteroatoms. The van der Waals surface area contributed by atoms with Crippen LogP contribution in [0.5, 0.6) is 0 Å². The number of ether oxygens (including phenoxy) is 1. The molecule has 2 aliphatic carbocycles. The fourth-order valence-electron chi connectivity index (χ4n) is 7.69. The van der Waals surface area contributed by atoms with Gasteiger partial charge in [-0.05, 0) is 72.0 Å². The first-order chi connectivity index (χ1) is 22.6. The maximum atomic E-state index is 13.3.